The molecule has 0 bridgehead atoms. The highest BCUT2D eigenvalue weighted by molar-refractivity contribution is 8.00. The molecule has 0 fully saturated rings. The minimum atomic E-state index is -0.482. The van der Waals surface area contributed by atoms with E-state index < -0.39 is 5.25 Å². The molecule has 0 unspecified atom stereocenters. The van der Waals surface area contributed by atoms with Crippen LogP contribution in [-0.2, 0) is 9.53 Å². The standard InChI is InChI=1S/C20H20N2O3S/c1-12-9-10-13(2)17(11-12)22-18(23)15-7-5-6-8-16(15)21-20(22)26-14(3)19(24)25-4/h5-11,14H,1-4H3/t14-/m1/s1. The Balaban J connectivity index is 2.29. The maximum atomic E-state index is 13.2. The van der Waals surface area contributed by atoms with Gasteiger partial charge in [-0.25, -0.2) is 4.98 Å². The third-order valence-electron chi connectivity index (χ3n) is 4.17. The summed E-state index contributed by atoms with van der Waals surface area (Å²) >= 11 is 1.22. The first-order chi connectivity index (χ1) is 12.4. The van der Waals surface area contributed by atoms with Gasteiger partial charge in [0, 0.05) is 0 Å². The Kier molecular flexibility index (Phi) is 5.13. The van der Waals surface area contributed by atoms with Gasteiger partial charge in [0.1, 0.15) is 5.25 Å². The maximum Gasteiger partial charge on any atom is 0.318 e. The van der Waals surface area contributed by atoms with Gasteiger partial charge in [-0.2, -0.15) is 0 Å². The Morgan fingerprint density at radius 2 is 1.92 bits per heavy atom. The van der Waals surface area contributed by atoms with E-state index >= 15 is 0 Å². The lowest BCUT2D eigenvalue weighted by atomic mass is 10.1. The average molecular weight is 368 g/mol. The number of para-hydroxylation sites is 1. The number of carbonyl (C=O) groups excluding carboxylic acids is 1. The molecule has 0 saturated heterocycles. The molecule has 0 spiro atoms. The number of aryl methyl sites for hydroxylation is 2. The minimum absolute atomic E-state index is 0.149. The smallest absolute Gasteiger partial charge is 0.318 e. The third kappa shape index (κ3) is 3.37. The molecule has 0 radical (unpaired) electrons. The van der Waals surface area contributed by atoms with Gasteiger partial charge in [0.2, 0.25) is 0 Å². The summed E-state index contributed by atoms with van der Waals surface area (Å²) in [6.07, 6.45) is 0. The lowest BCUT2D eigenvalue weighted by Gasteiger charge is -2.17. The number of esters is 1. The number of aromatic nitrogens is 2. The number of ether oxygens (including phenoxy) is 1. The van der Waals surface area contributed by atoms with E-state index in [1.54, 1.807) is 23.6 Å². The van der Waals surface area contributed by atoms with Crippen LogP contribution in [0.5, 0.6) is 0 Å². The fraction of sp³-hybridized carbons (Fsp3) is 0.250. The van der Waals surface area contributed by atoms with Crippen molar-refractivity contribution in [3.05, 3.63) is 63.9 Å². The number of rotatable bonds is 4. The van der Waals surface area contributed by atoms with Crippen LogP contribution in [0, 0.1) is 13.8 Å². The normalized spacial score (nSPS) is 12.2. The quantitative estimate of drug-likeness (QED) is 0.400. The molecular formula is C20H20N2O3S. The van der Waals surface area contributed by atoms with E-state index in [0.717, 1.165) is 16.8 Å². The first kappa shape index (κ1) is 18.2. The van der Waals surface area contributed by atoms with Crippen molar-refractivity contribution in [2.75, 3.05) is 7.11 Å². The van der Waals surface area contributed by atoms with Crippen molar-refractivity contribution >= 4 is 28.6 Å². The van der Waals surface area contributed by atoms with Crippen LogP contribution in [0.4, 0.5) is 0 Å². The molecule has 0 saturated carbocycles. The largest absolute Gasteiger partial charge is 0.468 e. The summed E-state index contributed by atoms with van der Waals surface area (Å²) < 4.78 is 6.41. The van der Waals surface area contributed by atoms with Crippen LogP contribution in [0.1, 0.15) is 18.1 Å². The van der Waals surface area contributed by atoms with Gasteiger partial charge in [0.05, 0.1) is 23.7 Å². The molecule has 1 heterocycles. The van der Waals surface area contributed by atoms with Crippen molar-refractivity contribution in [1.82, 2.24) is 9.55 Å². The number of thioether (sulfide) groups is 1. The van der Waals surface area contributed by atoms with Crippen molar-refractivity contribution in [1.29, 1.82) is 0 Å². The number of hydrogen-bond acceptors (Lipinski definition) is 5. The number of carbonyl (C=O) groups is 1. The van der Waals surface area contributed by atoms with Gasteiger partial charge < -0.3 is 4.74 Å². The summed E-state index contributed by atoms with van der Waals surface area (Å²) in [5.41, 5.74) is 3.24. The van der Waals surface area contributed by atoms with Gasteiger partial charge in [-0.3, -0.25) is 14.2 Å². The molecule has 0 aliphatic rings. The van der Waals surface area contributed by atoms with Gasteiger partial charge in [-0.15, -0.1) is 0 Å². The zero-order valence-corrected chi connectivity index (χ0v) is 16.0. The molecule has 134 valence electrons. The van der Waals surface area contributed by atoms with Gasteiger partial charge in [0.15, 0.2) is 5.16 Å². The highest BCUT2D eigenvalue weighted by Gasteiger charge is 2.21. The number of methoxy groups -OCH3 is 1. The zero-order valence-electron chi connectivity index (χ0n) is 15.1. The Hall–Kier alpha value is -2.60. The van der Waals surface area contributed by atoms with E-state index in [1.807, 2.05) is 44.2 Å². The average Bonchev–Trinajstić information content (AvgIpc) is 2.63. The van der Waals surface area contributed by atoms with Crippen LogP contribution in [0.25, 0.3) is 16.6 Å². The van der Waals surface area contributed by atoms with E-state index in [0.29, 0.717) is 16.1 Å². The predicted molar refractivity (Wildman–Crippen MR) is 104 cm³/mol. The summed E-state index contributed by atoms with van der Waals surface area (Å²) in [6, 6.07) is 13.2. The number of nitrogens with zero attached hydrogens (tertiary/aromatic N) is 2. The van der Waals surface area contributed by atoms with Crippen LogP contribution in [0.15, 0.2) is 52.4 Å². The van der Waals surface area contributed by atoms with E-state index in [1.165, 1.54) is 18.9 Å². The van der Waals surface area contributed by atoms with Crippen molar-refractivity contribution in [2.24, 2.45) is 0 Å². The molecule has 0 aliphatic heterocycles. The van der Waals surface area contributed by atoms with E-state index in [4.69, 9.17) is 4.74 Å². The molecule has 5 nitrogen and oxygen atoms in total. The summed E-state index contributed by atoms with van der Waals surface area (Å²) in [6.45, 7) is 5.67. The van der Waals surface area contributed by atoms with Crippen molar-refractivity contribution in [3.8, 4) is 5.69 Å². The maximum absolute atomic E-state index is 13.2. The molecule has 0 N–H and O–H groups in total. The molecule has 6 heteroatoms. The fourth-order valence-corrected chi connectivity index (χ4v) is 3.68. The van der Waals surface area contributed by atoms with Crippen molar-refractivity contribution < 1.29 is 9.53 Å². The highest BCUT2D eigenvalue weighted by atomic mass is 32.2. The molecule has 2 aromatic carbocycles. The first-order valence-electron chi connectivity index (χ1n) is 8.26. The Morgan fingerprint density at radius 1 is 1.19 bits per heavy atom. The topological polar surface area (TPSA) is 61.2 Å². The highest BCUT2D eigenvalue weighted by Crippen LogP contribution is 2.27. The summed E-state index contributed by atoms with van der Waals surface area (Å²) in [4.78, 5) is 29.8. The zero-order chi connectivity index (χ0) is 18.8. The second-order valence-electron chi connectivity index (χ2n) is 6.13. The second-order valence-corrected chi connectivity index (χ2v) is 7.43. The van der Waals surface area contributed by atoms with Gasteiger partial charge in [-0.1, -0.05) is 36.0 Å². The number of benzene rings is 2. The Bertz CT molecular complexity index is 1040. The van der Waals surface area contributed by atoms with Gasteiger partial charge in [0.25, 0.3) is 5.56 Å². The van der Waals surface area contributed by atoms with Gasteiger partial charge in [-0.05, 0) is 50.1 Å². The molecule has 26 heavy (non-hydrogen) atoms. The molecular weight excluding hydrogens is 348 g/mol. The van der Waals surface area contributed by atoms with Gasteiger partial charge >= 0.3 is 5.97 Å². The molecule has 1 aromatic heterocycles. The lowest BCUT2D eigenvalue weighted by Crippen LogP contribution is -2.24. The van der Waals surface area contributed by atoms with Crippen LogP contribution < -0.4 is 5.56 Å². The minimum Gasteiger partial charge on any atom is -0.468 e. The summed E-state index contributed by atoms with van der Waals surface area (Å²) in [5, 5.41) is 0.535. The van der Waals surface area contributed by atoms with Crippen molar-refractivity contribution in [3.63, 3.8) is 0 Å². The lowest BCUT2D eigenvalue weighted by molar-refractivity contribution is -0.139. The number of hydrogen-bond donors (Lipinski definition) is 0. The molecule has 0 amide bonds. The first-order valence-corrected chi connectivity index (χ1v) is 9.14. The second kappa shape index (κ2) is 7.33. The molecule has 3 rings (SSSR count). The van der Waals surface area contributed by atoms with Crippen LogP contribution in [0.2, 0.25) is 0 Å². The molecule has 3 aromatic rings. The van der Waals surface area contributed by atoms with Crippen LogP contribution >= 0.6 is 11.8 Å². The molecule has 1 atom stereocenters. The van der Waals surface area contributed by atoms with Crippen molar-refractivity contribution in [2.45, 2.75) is 31.2 Å². The Labute approximate surface area is 156 Å². The predicted octanol–water partition coefficient (Wildman–Crippen LogP) is 3.66. The Morgan fingerprint density at radius 3 is 2.65 bits per heavy atom. The SMILES string of the molecule is COC(=O)[C@@H](C)Sc1nc2ccccc2c(=O)n1-c1cc(C)ccc1C. The summed E-state index contributed by atoms with van der Waals surface area (Å²) in [7, 11) is 1.35. The van der Waals surface area contributed by atoms with E-state index in [2.05, 4.69) is 4.98 Å². The van der Waals surface area contributed by atoms with Crippen LogP contribution in [-0.4, -0.2) is 27.9 Å². The summed E-state index contributed by atoms with van der Waals surface area (Å²) in [5.74, 6) is -0.357. The van der Waals surface area contributed by atoms with Crippen LogP contribution in [0.3, 0.4) is 0 Å². The monoisotopic (exact) mass is 368 g/mol. The number of fused-ring (bicyclic) bond motifs is 1. The fourth-order valence-electron chi connectivity index (χ4n) is 2.74. The molecule has 0 aliphatic carbocycles. The van der Waals surface area contributed by atoms with E-state index in [-0.39, 0.29) is 11.5 Å². The van der Waals surface area contributed by atoms with E-state index in [9.17, 15) is 9.59 Å². The third-order valence-corrected chi connectivity index (χ3v) is 5.20.